The molecule has 2 saturated carbocycles. The second-order valence-corrected chi connectivity index (χ2v) is 5.81. The summed E-state index contributed by atoms with van der Waals surface area (Å²) in [5.41, 5.74) is -0.342. The molecule has 0 aliphatic heterocycles. The first-order chi connectivity index (χ1) is 9.78. The quantitative estimate of drug-likeness (QED) is 0.617. The van der Waals surface area contributed by atoms with Crippen LogP contribution in [-0.4, -0.2) is 51.2 Å². The Hall–Kier alpha value is -0.670. The van der Waals surface area contributed by atoms with Crippen molar-refractivity contribution in [3.8, 4) is 6.07 Å². The van der Waals surface area contributed by atoms with Crippen LogP contribution in [0.5, 0.6) is 0 Å². The summed E-state index contributed by atoms with van der Waals surface area (Å²) in [5.74, 6) is 0. The standard InChI is InChI=1S/C15H26N2O3/c1-18-7-2-8-19-9-10-20-14-5-6-15(11-14,12-16)17-13-3-4-13/h13-14,17H,2-11H2,1H3. The van der Waals surface area contributed by atoms with Gasteiger partial charge >= 0.3 is 0 Å². The van der Waals surface area contributed by atoms with Crippen LogP contribution in [0, 0.1) is 11.3 Å². The van der Waals surface area contributed by atoms with E-state index >= 15 is 0 Å². The summed E-state index contributed by atoms with van der Waals surface area (Å²) in [6.07, 6.45) is 6.22. The minimum atomic E-state index is -0.342. The minimum absolute atomic E-state index is 0.198. The number of methoxy groups -OCH3 is 1. The number of hydrogen-bond donors (Lipinski definition) is 1. The Balaban J connectivity index is 1.55. The zero-order chi connectivity index (χ0) is 14.3. The normalized spacial score (nSPS) is 29.5. The lowest BCUT2D eigenvalue weighted by Gasteiger charge is -2.22. The van der Waals surface area contributed by atoms with Gasteiger partial charge in [-0.15, -0.1) is 0 Å². The lowest BCUT2D eigenvalue weighted by molar-refractivity contribution is 0.00246. The summed E-state index contributed by atoms with van der Waals surface area (Å²) in [4.78, 5) is 0. The highest BCUT2D eigenvalue weighted by Crippen LogP contribution is 2.34. The Bertz CT molecular complexity index is 328. The van der Waals surface area contributed by atoms with E-state index in [-0.39, 0.29) is 11.6 Å². The van der Waals surface area contributed by atoms with Gasteiger partial charge in [0.1, 0.15) is 5.54 Å². The number of nitrogens with zero attached hydrogens (tertiary/aromatic N) is 1. The monoisotopic (exact) mass is 282 g/mol. The van der Waals surface area contributed by atoms with Crippen molar-refractivity contribution in [2.75, 3.05) is 33.5 Å². The molecule has 20 heavy (non-hydrogen) atoms. The average Bonchev–Trinajstić information content (AvgIpc) is 3.17. The van der Waals surface area contributed by atoms with Gasteiger partial charge in [0.15, 0.2) is 0 Å². The molecular formula is C15H26N2O3. The topological polar surface area (TPSA) is 63.5 Å². The van der Waals surface area contributed by atoms with Gasteiger partial charge in [0.25, 0.3) is 0 Å². The third-order valence-electron chi connectivity index (χ3n) is 3.96. The lowest BCUT2D eigenvalue weighted by Crippen LogP contribution is -2.43. The van der Waals surface area contributed by atoms with Gasteiger partial charge in [0, 0.05) is 32.8 Å². The first-order valence-electron chi connectivity index (χ1n) is 7.65. The fourth-order valence-electron chi connectivity index (χ4n) is 2.71. The largest absolute Gasteiger partial charge is 0.385 e. The molecule has 5 nitrogen and oxygen atoms in total. The van der Waals surface area contributed by atoms with E-state index in [1.54, 1.807) is 7.11 Å². The van der Waals surface area contributed by atoms with Crippen molar-refractivity contribution >= 4 is 0 Å². The summed E-state index contributed by atoms with van der Waals surface area (Å²) in [7, 11) is 1.69. The predicted molar refractivity (Wildman–Crippen MR) is 75.4 cm³/mol. The minimum Gasteiger partial charge on any atom is -0.385 e. The average molecular weight is 282 g/mol. The molecule has 0 aromatic heterocycles. The van der Waals surface area contributed by atoms with Crippen LogP contribution in [0.4, 0.5) is 0 Å². The van der Waals surface area contributed by atoms with Crippen molar-refractivity contribution in [2.45, 2.75) is 56.2 Å². The molecule has 2 fully saturated rings. The highest BCUT2D eigenvalue weighted by molar-refractivity contribution is 5.14. The van der Waals surface area contributed by atoms with Crippen molar-refractivity contribution in [3.05, 3.63) is 0 Å². The molecule has 0 radical (unpaired) electrons. The number of rotatable bonds is 10. The number of ether oxygens (including phenoxy) is 3. The van der Waals surface area contributed by atoms with E-state index in [2.05, 4.69) is 11.4 Å². The molecule has 0 aromatic rings. The summed E-state index contributed by atoms with van der Waals surface area (Å²) in [5, 5.41) is 12.9. The molecule has 0 heterocycles. The molecule has 0 spiro atoms. The molecule has 1 N–H and O–H groups in total. The third-order valence-corrected chi connectivity index (χ3v) is 3.96. The van der Waals surface area contributed by atoms with Crippen LogP contribution in [0.2, 0.25) is 0 Å². The third kappa shape index (κ3) is 5.02. The van der Waals surface area contributed by atoms with E-state index < -0.39 is 0 Å². The Morgan fingerprint density at radius 1 is 1.20 bits per heavy atom. The van der Waals surface area contributed by atoms with Gasteiger partial charge in [-0.25, -0.2) is 0 Å². The molecule has 0 bridgehead atoms. The zero-order valence-electron chi connectivity index (χ0n) is 12.4. The van der Waals surface area contributed by atoms with Gasteiger partial charge in [-0.3, -0.25) is 5.32 Å². The first-order valence-corrected chi connectivity index (χ1v) is 7.65. The molecular weight excluding hydrogens is 256 g/mol. The Labute approximate surface area is 121 Å². The van der Waals surface area contributed by atoms with Crippen LogP contribution in [0.25, 0.3) is 0 Å². The van der Waals surface area contributed by atoms with Crippen molar-refractivity contribution in [3.63, 3.8) is 0 Å². The van der Waals surface area contributed by atoms with E-state index in [9.17, 15) is 5.26 Å². The highest BCUT2D eigenvalue weighted by Gasteiger charge is 2.43. The van der Waals surface area contributed by atoms with E-state index in [0.717, 1.165) is 32.3 Å². The van der Waals surface area contributed by atoms with Crippen molar-refractivity contribution < 1.29 is 14.2 Å². The van der Waals surface area contributed by atoms with E-state index in [1.165, 1.54) is 12.8 Å². The van der Waals surface area contributed by atoms with Crippen LogP contribution in [0.15, 0.2) is 0 Å². The molecule has 2 aliphatic carbocycles. The second kappa shape index (κ2) is 7.94. The van der Waals surface area contributed by atoms with Crippen LogP contribution >= 0.6 is 0 Å². The number of hydrogen-bond acceptors (Lipinski definition) is 5. The number of nitrogens with one attached hydrogen (secondary N) is 1. The van der Waals surface area contributed by atoms with Gasteiger partial charge in [-0.2, -0.15) is 5.26 Å². The maximum Gasteiger partial charge on any atom is 0.109 e. The first kappa shape index (κ1) is 15.7. The molecule has 0 saturated heterocycles. The van der Waals surface area contributed by atoms with Gasteiger partial charge < -0.3 is 14.2 Å². The van der Waals surface area contributed by atoms with Gasteiger partial charge in [0.05, 0.1) is 25.4 Å². The van der Waals surface area contributed by atoms with E-state index in [1.807, 2.05) is 0 Å². The predicted octanol–water partition coefficient (Wildman–Crippen LogP) is 1.62. The van der Waals surface area contributed by atoms with Crippen LogP contribution in [0.1, 0.15) is 38.5 Å². The van der Waals surface area contributed by atoms with Crippen LogP contribution < -0.4 is 5.32 Å². The zero-order valence-corrected chi connectivity index (χ0v) is 12.4. The summed E-state index contributed by atoms with van der Waals surface area (Å²) >= 11 is 0. The number of nitriles is 1. The van der Waals surface area contributed by atoms with E-state index in [0.29, 0.717) is 25.9 Å². The van der Waals surface area contributed by atoms with Crippen LogP contribution in [0.3, 0.4) is 0 Å². The summed E-state index contributed by atoms with van der Waals surface area (Å²) in [6.45, 7) is 2.69. The SMILES string of the molecule is COCCCOCCOC1CCC(C#N)(NC2CC2)C1. The van der Waals surface area contributed by atoms with Crippen molar-refractivity contribution in [1.29, 1.82) is 5.26 Å². The van der Waals surface area contributed by atoms with Crippen molar-refractivity contribution in [1.82, 2.24) is 5.32 Å². The van der Waals surface area contributed by atoms with Gasteiger partial charge in [0.2, 0.25) is 0 Å². The molecule has 114 valence electrons. The summed E-state index contributed by atoms with van der Waals surface area (Å²) in [6, 6.07) is 3.03. The maximum atomic E-state index is 9.40. The van der Waals surface area contributed by atoms with Crippen LogP contribution in [-0.2, 0) is 14.2 Å². The fraction of sp³-hybridized carbons (Fsp3) is 0.933. The van der Waals surface area contributed by atoms with E-state index in [4.69, 9.17) is 14.2 Å². The Kier molecular flexibility index (Phi) is 6.24. The Morgan fingerprint density at radius 2 is 2.05 bits per heavy atom. The highest BCUT2D eigenvalue weighted by atomic mass is 16.5. The Morgan fingerprint density at radius 3 is 2.75 bits per heavy atom. The van der Waals surface area contributed by atoms with Gasteiger partial charge in [-0.1, -0.05) is 0 Å². The smallest absolute Gasteiger partial charge is 0.109 e. The molecule has 5 heteroatoms. The maximum absolute atomic E-state index is 9.40. The molecule has 2 unspecified atom stereocenters. The molecule has 2 aliphatic rings. The van der Waals surface area contributed by atoms with Gasteiger partial charge in [-0.05, 0) is 32.1 Å². The molecule has 2 atom stereocenters. The molecule has 2 rings (SSSR count). The molecule has 0 amide bonds. The molecule has 0 aromatic carbocycles. The fourth-order valence-corrected chi connectivity index (χ4v) is 2.71. The summed E-state index contributed by atoms with van der Waals surface area (Å²) < 4.78 is 16.2. The van der Waals surface area contributed by atoms with Crippen molar-refractivity contribution in [2.24, 2.45) is 0 Å². The lowest BCUT2D eigenvalue weighted by atomic mass is 9.99. The second-order valence-electron chi connectivity index (χ2n) is 5.81.